The van der Waals surface area contributed by atoms with Crippen molar-refractivity contribution in [2.24, 2.45) is 5.92 Å². The van der Waals surface area contributed by atoms with Gasteiger partial charge in [0.2, 0.25) is 5.91 Å². The maximum atomic E-state index is 11.7. The lowest BCUT2D eigenvalue weighted by molar-refractivity contribution is -0.116. The fourth-order valence-electron chi connectivity index (χ4n) is 2.25. The molecule has 1 aromatic carbocycles. The van der Waals surface area contributed by atoms with E-state index in [0.717, 1.165) is 25.2 Å². The van der Waals surface area contributed by atoms with Crippen LogP contribution in [0.5, 0.6) is 0 Å². The molecule has 1 aliphatic heterocycles. The highest BCUT2D eigenvalue weighted by atomic mass is 16.1. The Bertz CT molecular complexity index is 344. The number of hydrogen-bond donors (Lipinski definition) is 2. The van der Waals surface area contributed by atoms with Crippen LogP contribution in [0.25, 0.3) is 0 Å². The molecule has 3 nitrogen and oxygen atoms in total. The molecular formula is C14H20N2O. The lowest BCUT2D eigenvalue weighted by atomic mass is 9.94. The normalized spacial score (nSPS) is 19.9. The van der Waals surface area contributed by atoms with E-state index in [9.17, 15) is 4.79 Å². The second kappa shape index (κ2) is 6.40. The van der Waals surface area contributed by atoms with Crippen molar-refractivity contribution in [3.63, 3.8) is 0 Å². The molecule has 2 N–H and O–H groups in total. The van der Waals surface area contributed by atoms with Crippen LogP contribution in [0.1, 0.15) is 25.7 Å². The number of anilines is 1. The first-order chi connectivity index (χ1) is 8.34. The van der Waals surface area contributed by atoms with E-state index in [1.807, 2.05) is 30.3 Å². The summed E-state index contributed by atoms with van der Waals surface area (Å²) in [6, 6.07) is 9.64. The molecule has 1 unspecified atom stereocenters. The summed E-state index contributed by atoms with van der Waals surface area (Å²) < 4.78 is 0. The molecule has 1 aromatic rings. The van der Waals surface area contributed by atoms with E-state index in [4.69, 9.17) is 0 Å². The molecule has 1 aliphatic rings. The van der Waals surface area contributed by atoms with Crippen LogP contribution in [0.2, 0.25) is 0 Å². The summed E-state index contributed by atoms with van der Waals surface area (Å²) >= 11 is 0. The third-order valence-electron chi connectivity index (χ3n) is 3.24. The van der Waals surface area contributed by atoms with Crippen molar-refractivity contribution in [2.75, 3.05) is 18.4 Å². The highest BCUT2D eigenvalue weighted by molar-refractivity contribution is 5.90. The van der Waals surface area contributed by atoms with E-state index >= 15 is 0 Å². The lowest BCUT2D eigenvalue weighted by Gasteiger charge is -2.22. The van der Waals surface area contributed by atoms with Gasteiger partial charge in [0, 0.05) is 12.1 Å². The van der Waals surface area contributed by atoms with Gasteiger partial charge in [0.25, 0.3) is 0 Å². The van der Waals surface area contributed by atoms with Crippen LogP contribution >= 0.6 is 0 Å². The van der Waals surface area contributed by atoms with Gasteiger partial charge in [0.15, 0.2) is 0 Å². The summed E-state index contributed by atoms with van der Waals surface area (Å²) in [7, 11) is 0. The zero-order chi connectivity index (χ0) is 11.9. The predicted octanol–water partition coefficient (Wildman–Crippen LogP) is 2.40. The minimum atomic E-state index is 0.127. The molecule has 1 saturated heterocycles. The SMILES string of the molecule is O=C(CCC1CCCNC1)Nc1ccccc1. The number of benzene rings is 1. The number of amides is 1. The van der Waals surface area contributed by atoms with Crippen LogP contribution in [-0.4, -0.2) is 19.0 Å². The van der Waals surface area contributed by atoms with Crippen molar-refractivity contribution in [2.45, 2.75) is 25.7 Å². The molecule has 1 amide bonds. The van der Waals surface area contributed by atoms with Gasteiger partial charge in [0.1, 0.15) is 0 Å². The van der Waals surface area contributed by atoms with Crippen LogP contribution in [0.3, 0.4) is 0 Å². The number of piperidine rings is 1. The van der Waals surface area contributed by atoms with Gasteiger partial charge in [-0.25, -0.2) is 0 Å². The molecule has 3 heteroatoms. The summed E-state index contributed by atoms with van der Waals surface area (Å²) in [4.78, 5) is 11.7. The largest absolute Gasteiger partial charge is 0.326 e. The maximum Gasteiger partial charge on any atom is 0.224 e. The Morgan fingerprint density at radius 1 is 1.35 bits per heavy atom. The van der Waals surface area contributed by atoms with E-state index in [1.165, 1.54) is 12.8 Å². The number of carbonyl (C=O) groups excluding carboxylic acids is 1. The van der Waals surface area contributed by atoms with Crippen LogP contribution < -0.4 is 10.6 Å². The van der Waals surface area contributed by atoms with E-state index in [0.29, 0.717) is 12.3 Å². The summed E-state index contributed by atoms with van der Waals surface area (Å²) in [5.41, 5.74) is 0.888. The molecule has 92 valence electrons. The Hall–Kier alpha value is -1.35. The van der Waals surface area contributed by atoms with Crippen molar-refractivity contribution in [1.29, 1.82) is 0 Å². The second-order valence-corrected chi connectivity index (χ2v) is 4.67. The standard InChI is InChI=1S/C14H20N2O/c17-14(16-13-6-2-1-3-7-13)9-8-12-5-4-10-15-11-12/h1-3,6-7,12,15H,4-5,8-11H2,(H,16,17). The highest BCUT2D eigenvalue weighted by Gasteiger charge is 2.14. The Morgan fingerprint density at radius 3 is 2.88 bits per heavy atom. The summed E-state index contributed by atoms with van der Waals surface area (Å²) in [6.07, 6.45) is 4.11. The first kappa shape index (κ1) is 12.1. The zero-order valence-corrected chi connectivity index (χ0v) is 10.1. The zero-order valence-electron chi connectivity index (χ0n) is 10.1. The average molecular weight is 232 g/mol. The molecular weight excluding hydrogens is 212 g/mol. The van der Waals surface area contributed by atoms with Crippen molar-refractivity contribution in [1.82, 2.24) is 5.32 Å². The third-order valence-corrected chi connectivity index (χ3v) is 3.24. The molecule has 0 aromatic heterocycles. The van der Waals surface area contributed by atoms with Gasteiger partial charge in [-0.3, -0.25) is 4.79 Å². The number of rotatable bonds is 4. The van der Waals surface area contributed by atoms with Gasteiger partial charge < -0.3 is 10.6 Å². The van der Waals surface area contributed by atoms with E-state index in [-0.39, 0.29) is 5.91 Å². The monoisotopic (exact) mass is 232 g/mol. The van der Waals surface area contributed by atoms with Gasteiger partial charge in [-0.1, -0.05) is 18.2 Å². The minimum Gasteiger partial charge on any atom is -0.326 e. The Kier molecular flexibility index (Phi) is 4.56. The number of nitrogens with one attached hydrogen (secondary N) is 2. The first-order valence-corrected chi connectivity index (χ1v) is 6.40. The van der Waals surface area contributed by atoms with Crippen LogP contribution in [0.4, 0.5) is 5.69 Å². The van der Waals surface area contributed by atoms with Gasteiger partial charge >= 0.3 is 0 Å². The Labute approximate surface area is 103 Å². The van der Waals surface area contributed by atoms with Gasteiger partial charge in [0.05, 0.1) is 0 Å². The molecule has 1 atom stereocenters. The maximum absolute atomic E-state index is 11.7. The minimum absolute atomic E-state index is 0.127. The van der Waals surface area contributed by atoms with Crippen molar-refractivity contribution in [3.8, 4) is 0 Å². The molecule has 0 aliphatic carbocycles. The molecule has 2 rings (SSSR count). The summed E-state index contributed by atoms with van der Waals surface area (Å²) in [6.45, 7) is 2.20. The molecule has 0 saturated carbocycles. The quantitative estimate of drug-likeness (QED) is 0.837. The summed E-state index contributed by atoms with van der Waals surface area (Å²) in [5.74, 6) is 0.798. The average Bonchev–Trinajstić information content (AvgIpc) is 2.39. The Morgan fingerprint density at radius 2 is 2.18 bits per heavy atom. The van der Waals surface area contributed by atoms with Crippen molar-refractivity contribution >= 4 is 11.6 Å². The van der Waals surface area contributed by atoms with Gasteiger partial charge in [-0.15, -0.1) is 0 Å². The predicted molar refractivity (Wildman–Crippen MR) is 69.9 cm³/mol. The molecule has 1 fully saturated rings. The number of hydrogen-bond acceptors (Lipinski definition) is 2. The fraction of sp³-hybridized carbons (Fsp3) is 0.500. The third kappa shape index (κ3) is 4.19. The Balaban J connectivity index is 1.70. The van der Waals surface area contributed by atoms with Crippen LogP contribution in [0.15, 0.2) is 30.3 Å². The fourth-order valence-corrected chi connectivity index (χ4v) is 2.25. The van der Waals surface area contributed by atoms with Crippen LogP contribution in [0, 0.1) is 5.92 Å². The molecule has 17 heavy (non-hydrogen) atoms. The van der Waals surface area contributed by atoms with Crippen LogP contribution in [-0.2, 0) is 4.79 Å². The topological polar surface area (TPSA) is 41.1 Å². The molecule has 0 spiro atoms. The summed E-state index contributed by atoms with van der Waals surface area (Å²) in [5, 5.41) is 6.30. The van der Waals surface area contributed by atoms with Gasteiger partial charge in [-0.05, 0) is 50.4 Å². The molecule has 1 heterocycles. The van der Waals surface area contributed by atoms with E-state index in [2.05, 4.69) is 10.6 Å². The van der Waals surface area contributed by atoms with Gasteiger partial charge in [-0.2, -0.15) is 0 Å². The van der Waals surface area contributed by atoms with E-state index < -0.39 is 0 Å². The van der Waals surface area contributed by atoms with E-state index in [1.54, 1.807) is 0 Å². The van der Waals surface area contributed by atoms with Crippen molar-refractivity contribution < 1.29 is 4.79 Å². The first-order valence-electron chi connectivity index (χ1n) is 6.40. The lowest BCUT2D eigenvalue weighted by Crippen LogP contribution is -2.30. The molecule has 0 radical (unpaired) electrons. The smallest absolute Gasteiger partial charge is 0.224 e. The van der Waals surface area contributed by atoms with Crippen molar-refractivity contribution in [3.05, 3.63) is 30.3 Å². The highest BCUT2D eigenvalue weighted by Crippen LogP contribution is 2.16. The second-order valence-electron chi connectivity index (χ2n) is 4.67. The number of carbonyl (C=O) groups is 1. The number of para-hydroxylation sites is 1. The molecule has 0 bridgehead atoms.